The molecule has 3 aromatic carbocycles. The van der Waals surface area contributed by atoms with Gasteiger partial charge in [-0.25, -0.2) is 4.98 Å². The molecule has 6 aromatic rings. The fourth-order valence-corrected chi connectivity index (χ4v) is 4.18. The SMILES string of the molecule is O=c1c2ccccc2nc(-c2cc3ccccc3o2)n1N=Cc1c[nH]c2ccc(Br)cc12. The van der Waals surface area contributed by atoms with Crippen molar-refractivity contribution in [3.8, 4) is 11.6 Å². The van der Waals surface area contributed by atoms with Crippen molar-refractivity contribution in [2.75, 3.05) is 0 Å². The van der Waals surface area contributed by atoms with E-state index in [1.54, 1.807) is 12.3 Å². The van der Waals surface area contributed by atoms with Gasteiger partial charge in [0.2, 0.25) is 5.82 Å². The van der Waals surface area contributed by atoms with Crippen LogP contribution in [-0.4, -0.2) is 20.9 Å². The summed E-state index contributed by atoms with van der Waals surface area (Å²) in [5.74, 6) is 0.829. The molecule has 1 N–H and O–H groups in total. The van der Waals surface area contributed by atoms with Gasteiger partial charge >= 0.3 is 0 Å². The molecule has 6 nitrogen and oxygen atoms in total. The lowest BCUT2D eigenvalue weighted by atomic mass is 10.2. The van der Waals surface area contributed by atoms with Gasteiger partial charge < -0.3 is 9.40 Å². The van der Waals surface area contributed by atoms with E-state index in [2.05, 4.69) is 26.0 Å². The quantitative estimate of drug-likeness (QED) is 0.317. The number of rotatable bonds is 3. The van der Waals surface area contributed by atoms with Crippen molar-refractivity contribution in [1.82, 2.24) is 14.6 Å². The van der Waals surface area contributed by atoms with E-state index in [4.69, 9.17) is 9.40 Å². The van der Waals surface area contributed by atoms with E-state index in [1.165, 1.54) is 4.68 Å². The maximum absolute atomic E-state index is 13.4. The lowest BCUT2D eigenvalue weighted by molar-refractivity contribution is 0.616. The van der Waals surface area contributed by atoms with Crippen molar-refractivity contribution in [2.45, 2.75) is 0 Å². The fourth-order valence-electron chi connectivity index (χ4n) is 3.82. The fraction of sp³-hybridized carbons (Fsp3) is 0. The second-order valence-corrected chi connectivity index (χ2v) is 8.31. The average molecular weight is 483 g/mol. The largest absolute Gasteiger partial charge is 0.453 e. The summed E-state index contributed by atoms with van der Waals surface area (Å²) in [6.07, 6.45) is 3.52. The highest BCUT2D eigenvalue weighted by Crippen LogP contribution is 2.27. The molecule has 0 spiro atoms. The molecular formula is C25H15BrN4O2. The third-order valence-corrected chi connectivity index (χ3v) is 5.88. The normalized spacial score (nSPS) is 11.9. The van der Waals surface area contributed by atoms with Crippen molar-refractivity contribution < 1.29 is 4.42 Å². The Bertz CT molecular complexity index is 1690. The monoisotopic (exact) mass is 482 g/mol. The van der Waals surface area contributed by atoms with Gasteiger partial charge in [-0.1, -0.05) is 46.3 Å². The Kier molecular flexibility index (Phi) is 4.29. The third kappa shape index (κ3) is 3.06. The Morgan fingerprint density at radius 3 is 2.75 bits per heavy atom. The zero-order valence-corrected chi connectivity index (χ0v) is 18.2. The van der Waals surface area contributed by atoms with Crippen molar-refractivity contribution in [2.24, 2.45) is 5.10 Å². The molecule has 0 bridgehead atoms. The predicted octanol–water partition coefficient (Wildman–Crippen LogP) is 5.94. The standard InChI is InChI=1S/C25H15BrN4O2/c26-17-9-10-20-19(12-17)16(13-27-20)14-28-30-24(23-11-15-5-1-4-8-22(15)32-23)29-21-7-3-2-6-18(21)25(30)31/h1-14,27H. The summed E-state index contributed by atoms with van der Waals surface area (Å²) >= 11 is 3.51. The van der Waals surface area contributed by atoms with Crippen LogP contribution < -0.4 is 5.56 Å². The number of nitrogens with one attached hydrogen (secondary N) is 1. The molecule has 3 heterocycles. The Morgan fingerprint density at radius 1 is 1.00 bits per heavy atom. The number of para-hydroxylation sites is 2. The first-order valence-corrected chi connectivity index (χ1v) is 10.8. The molecule has 0 saturated carbocycles. The molecule has 154 valence electrons. The van der Waals surface area contributed by atoms with Gasteiger partial charge in [0.15, 0.2) is 5.76 Å². The summed E-state index contributed by atoms with van der Waals surface area (Å²) in [4.78, 5) is 21.3. The van der Waals surface area contributed by atoms with Crippen molar-refractivity contribution in [3.05, 3.63) is 99.4 Å². The molecule has 0 atom stereocenters. The molecular weight excluding hydrogens is 468 g/mol. The van der Waals surface area contributed by atoms with Crippen LogP contribution in [0.2, 0.25) is 0 Å². The summed E-state index contributed by atoms with van der Waals surface area (Å²) in [7, 11) is 0. The number of nitrogens with zero attached hydrogens (tertiary/aromatic N) is 3. The summed E-state index contributed by atoms with van der Waals surface area (Å²) in [6, 6.07) is 22.8. The van der Waals surface area contributed by atoms with E-state index in [0.717, 1.165) is 31.9 Å². The van der Waals surface area contributed by atoms with Crippen LogP contribution in [0, 0.1) is 0 Å². The van der Waals surface area contributed by atoms with E-state index in [0.29, 0.717) is 22.5 Å². The molecule has 0 fully saturated rings. The van der Waals surface area contributed by atoms with E-state index < -0.39 is 0 Å². The summed E-state index contributed by atoms with van der Waals surface area (Å²) in [6.45, 7) is 0. The smallest absolute Gasteiger partial charge is 0.282 e. The van der Waals surface area contributed by atoms with Gasteiger partial charge in [0, 0.05) is 32.5 Å². The number of furan rings is 1. The average Bonchev–Trinajstić information content (AvgIpc) is 3.42. The van der Waals surface area contributed by atoms with Crippen LogP contribution in [0.3, 0.4) is 0 Å². The topological polar surface area (TPSA) is 76.2 Å². The van der Waals surface area contributed by atoms with Crippen LogP contribution in [0.4, 0.5) is 0 Å². The predicted molar refractivity (Wildman–Crippen MR) is 130 cm³/mol. The van der Waals surface area contributed by atoms with Crippen LogP contribution in [0.1, 0.15) is 5.56 Å². The molecule has 0 aliphatic rings. The summed E-state index contributed by atoms with van der Waals surface area (Å²) in [5.41, 5.74) is 2.90. The van der Waals surface area contributed by atoms with E-state index in [9.17, 15) is 4.79 Å². The number of aromatic amines is 1. The summed E-state index contributed by atoms with van der Waals surface area (Å²) < 4.78 is 8.28. The van der Waals surface area contributed by atoms with Gasteiger partial charge in [-0.05, 0) is 42.5 Å². The first-order chi connectivity index (χ1) is 15.7. The molecule has 0 saturated heterocycles. The minimum Gasteiger partial charge on any atom is -0.453 e. The van der Waals surface area contributed by atoms with Gasteiger partial charge in [-0.3, -0.25) is 4.79 Å². The first-order valence-electron chi connectivity index (χ1n) is 9.99. The number of aromatic nitrogens is 3. The van der Waals surface area contributed by atoms with Gasteiger partial charge in [0.25, 0.3) is 5.56 Å². The van der Waals surface area contributed by atoms with E-state index in [-0.39, 0.29) is 5.56 Å². The Balaban J connectivity index is 1.58. The molecule has 0 unspecified atom stereocenters. The lowest BCUT2D eigenvalue weighted by Crippen LogP contribution is -2.20. The van der Waals surface area contributed by atoms with Crippen LogP contribution in [0.5, 0.6) is 0 Å². The highest BCUT2D eigenvalue weighted by Gasteiger charge is 2.16. The Morgan fingerprint density at radius 2 is 1.84 bits per heavy atom. The number of fused-ring (bicyclic) bond motifs is 3. The first kappa shape index (κ1) is 18.8. The van der Waals surface area contributed by atoms with Crippen molar-refractivity contribution >= 4 is 54.9 Å². The van der Waals surface area contributed by atoms with E-state index >= 15 is 0 Å². The van der Waals surface area contributed by atoms with Crippen LogP contribution in [-0.2, 0) is 0 Å². The third-order valence-electron chi connectivity index (χ3n) is 5.39. The van der Waals surface area contributed by atoms with Gasteiger partial charge in [0.1, 0.15) is 5.58 Å². The lowest BCUT2D eigenvalue weighted by Gasteiger charge is -2.07. The van der Waals surface area contributed by atoms with Crippen LogP contribution in [0.25, 0.3) is 44.4 Å². The Labute approximate surface area is 190 Å². The van der Waals surface area contributed by atoms with Gasteiger partial charge in [-0.15, -0.1) is 0 Å². The Hall–Kier alpha value is -3.97. The maximum atomic E-state index is 13.4. The molecule has 0 amide bonds. The molecule has 7 heteroatoms. The van der Waals surface area contributed by atoms with Gasteiger partial charge in [-0.2, -0.15) is 9.78 Å². The highest BCUT2D eigenvalue weighted by atomic mass is 79.9. The zero-order chi connectivity index (χ0) is 21.7. The maximum Gasteiger partial charge on any atom is 0.282 e. The van der Waals surface area contributed by atoms with Crippen LogP contribution >= 0.6 is 15.9 Å². The summed E-state index contributed by atoms with van der Waals surface area (Å²) in [5, 5.41) is 6.97. The molecule has 0 aliphatic heterocycles. The minimum absolute atomic E-state index is 0.261. The molecule has 3 aromatic heterocycles. The van der Waals surface area contributed by atoms with Crippen molar-refractivity contribution in [3.63, 3.8) is 0 Å². The number of H-pyrrole nitrogens is 1. The minimum atomic E-state index is -0.261. The van der Waals surface area contributed by atoms with E-state index in [1.807, 2.05) is 72.9 Å². The molecule has 6 rings (SSSR count). The number of benzene rings is 3. The number of hydrogen-bond donors (Lipinski definition) is 1. The molecule has 0 aliphatic carbocycles. The zero-order valence-electron chi connectivity index (χ0n) is 16.6. The highest BCUT2D eigenvalue weighted by molar-refractivity contribution is 9.10. The van der Waals surface area contributed by atoms with Crippen LogP contribution in [0.15, 0.2) is 97.8 Å². The van der Waals surface area contributed by atoms with Crippen molar-refractivity contribution in [1.29, 1.82) is 0 Å². The molecule has 32 heavy (non-hydrogen) atoms. The second-order valence-electron chi connectivity index (χ2n) is 7.40. The number of halogens is 1. The second kappa shape index (κ2) is 7.32. The number of hydrogen-bond acceptors (Lipinski definition) is 4. The molecule has 0 radical (unpaired) electrons. The van der Waals surface area contributed by atoms with Gasteiger partial charge in [0.05, 0.1) is 17.1 Å².